The molecule has 0 bridgehead atoms. The number of ether oxygens (including phenoxy) is 2. The minimum atomic E-state index is -0.868. The molecule has 2 N–H and O–H groups in total. The Morgan fingerprint density at radius 1 is 1.48 bits per heavy atom. The van der Waals surface area contributed by atoms with Crippen molar-refractivity contribution in [2.75, 3.05) is 52.3 Å². The molecule has 1 aromatic rings. The van der Waals surface area contributed by atoms with Gasteiger partial charge in [0.15, 0.2) is 0 Å². The summed E-state index contributed by atoms with van der Waals surface area (Å²) in [5.41, 5.74) is 3.19. The standard InChI is InChI=1S/C18H27N3O4/c1-20(2)6-8-25-15-9-13-3-5-21(18(22)23)11-16(13)17(10-15)19-14-4-7-24-12-14/h9-10,14,19H,3-8,11-12H2,1-2H3,(H,22,23). The smallest absolute Gasteiger partial charge is 0.407 e. The monoisotopic (exact) mass is 349 g/mol. The van der Waals surface area contributed by atoms with Gasteiger partial charge in [0, 0.05) is 31.5 Å². The lowest BCUT2D eigenvalue weighted by atomic mass is 9.97. The van der Waals surface area contributed by atoms with E-state index in [0.29, 0.717) is 32.7 Å². The molecule has 1 atom stereocenters. The van der Waals surface area contributed by atoms with Crippen molar-refractivity contribution in [3.8, 4) is 5.75 Å². The van der Waals surface area contributed by atoms with Crippen LogP contribution in [0.3, 0.4) is 0 Å². The first kappa shape index (κ1) is 17.8. The molecule has 0 saturated carbocycles. The maximum absolute atomic E-state index is 11.3. The van der Waals surface area contributed by atoms with Crippen LogP contribution in [0.2, 0.25) is 0 Å². The molecule has 1 unspecified atom stereocenters. The third-order valence-corrected chi connectivity index (χ3v) is 4.68. The van der Waals surface area contributed by atoms with Gasteiger partial charge < -0.3 is 29.7 Å². The maximum Gasteiger partial charge on any atom is 0.407 e. The Bertz CT molecular complexity index is 615. The quantitative estimate of drug-likeness (QED) is 0.817. The Morgan fingerprint density at radius 2 is 2.32 bits per heavy atom. The van der Waals surface area contributed by atoms with Gasteiger partial charge in [0.1, 0.15) is 12.4 Å². The lowest BCUT2D eigenvalue weighted by Gasteiger charge is -2.30. The van der Waals surface area contributed by atoms with Gasteiger partial charge in [-0.3, -0.25) is 0 Å². The second-order valence-corrected chi connectivity index (χ2v) is 6.92. The maximum atomic E-state index is 11.3. The lowest BCUT2D eigenvalue weighted by Crippen LogP contribution is -2.35. The van der Waals surface area contributed by atoms with E-state index < -0.39 is 6.09 Å². The van der Waals surface area contributed by atoms with Crippen LogP contribution in [0.25, 0.3) is 0 Å². The number of hydrogen-bond acceptors (Lipinski definition) is 5. The number of rotatable bonds is 6. The molecule has 1 amide bonds. The molecular formula is C18H27N3O4. The molecule has 0 spiro atoms. The molecular weight excluding hydrogens is 322 g/mol. The Hall–Kier alpha value is -1.99. The fraction of sp³-hybridized carbons (Fsp3) is 0.611. The summed E-state index contributed by atoms with van der Waals surface area (Å²) in [6.07, 6.45) is 0.804. The first-order valence-electron chi connectivity index (χ1n) is 8.78. The van der Waals surface area contributed by atoms with Crippen LogP contribution in [0.5, 0.6) is 5.75 Å². The van der Waals surface area contributed by atoms with E-state index in [0.717, 1.165) is 36.6 Å². The molecule has 2 aliphatic rings. The number of carbonyl (C=O) groups is 1. The first-order valence-corrected chi connectivity index (χ1v) is 8.78. The van der Waals surface area contributed by atoms with Crippen molar-refractivity contribution in [1.29, 1.82) is 0 Å². The van der Waals surface area contributed by atoms with Gasteiger partial charge >= 0.3 is 6.09 Å². The van der Waals surface area contributed by atoms with Crippen molar-refractivity contribution in [3.05, 3.63) is 23.3 Å². The molecule has 1 aromatic carbocycles. The van der Waals surface area contributed by atoms with Crippen LogP contribution in [0.4, 0.5) is 10.5 Å². The third kappa shape index (κ3) is 4.55. The number of hydrogen-bond donors (Lipinski definition) is 2. The van der Waals surface area contributed by atoms with Gasteiger partial charge in [-0.15, -0.1) is 0 Å². The summed E-state index contributed by atoms with van der Waals surface area (Å²) in [6.45, 7) is 3.86. The first-order chi connectivity index (χ1) is 12.0. The van der Waals surface area contributed by atoms with Gasteiger partial charge in [0.2, 0.25) is 0 Å². The number of nitrogens with zero attached hydrogens (tertiary/aromatic N) is 2. The van der Waals surface area contributed by atoms with Crippen LogP contribution in [-0.2, 0) is 17.7 Å². The van der Waals surface area contributed by atoms with Crippen molar-refractivity contribution in [2.45, 2.75) is 25.4 Å². The summed E-state index contributed by atoms with van der Waals surface area (Å²) in [6, 6.07) is 4.32. The van der Waals surface area contributed by atoms with Crippen molar-refractivity contribution in [2.24, 2.45) is 0 Å². The highest BCUT2D eigenvalue weighted by Crippen LogP contribution is 2.32. The molecule has 1 fully saturated rings. The van der Waals surface area contributed by atoms with E-state index in [2.05, 4.69) is 16.3 Å². The number of likely N-dealkylation sites (N-methyl/N-ethyl adjacent to an activating group) is 1. The Kier molecular flexibility index (Phi) is 5.65. The van der Waals surface area contributed by atoms with E-state index in [1.54, 1.807) is 0 Å². The van der Waals surface area contributed by atoms with Gasteiger partial charge in [-0.1, -0.05) is 0 Å². The Labute approximate surface area is 148 Å². The summed E-state index contributed by atoms with van der Waals surface area (Å²) in [4.78, 5) is 14.9. The molecule has 2 heterocycles. The summed E-state index contributed by atoms with van der Waals surface area (Å²) < 4.78 is 11.4. The molecule has 138 valence electrons. The summed E-state index contributed by atoms with van der Waals surface area (Å²) in [5, 5.41) is 12.9. The van der Waals surface area contributed by atoms with Crippen LogP contribution < -0.4 is 10.1 Å². The zero-order chi connectivity index (χ0) is 17.8. The molecule has 7 heteroatoms. The third-order valence-electron chi connectivity index (χ3n) is 4.68. The van der Waals surface area contributed by atoms with Gasteiger partial charge in [0.05, 0.1) is 19.2 Å². The number of benzene rings is 1. The normalized spacial score (nSPS) is 19.8. The SMILES string of the molecule is CN(C)CCOc1cc2c(c(NC3CCOC3)c1)CN(C(=O)O)CC2. The van der Waals surface area contributed by atoms with Crippen molar-refractivity contribution in [1.82, 2.24) is 9.80 Å². The van der Waals surface area contributed by atoms with E-state index in [1.165, 1.54) is 10.5 Å². The molecule has 2 aliphatic heterocycles. The molecule has 7 nitrogen and oxygen atoms in total. The largest absolute Gasteiger partial charge is 0.492 e. The van der Waals surface area contributed by atoms with E-state index >= 15 is 0 Å². The average molecular weight is 349 g/mol. The Morgan fingerprint density at radius 3 is 3.00 bits per heavy atom. The predicted octanol–water partition coefficient (Wildman–Crippen LogP) is 1.86. The second-order valence-electron chi connectivity index (χ2n) is 6.92. The lowest BCUT2D eigenvalue weighted by molar-refractivity contribution is 0.140. The van der Waals surface area contributed by atoms with E-state index in [-0.39, 0.29) is 6.04 Å². The molecule has 25 heavy (non-hydrogen) atoms. The summed E-state index contributed by atoms with van der Waals surface area (Å²) in [7, 11) is 4.04. The fourth-order valence-corrected chi connectivity index (χ4v) is 3.23. The molecule has 1 saturated heterocycles. The second kappa shape index (κ2) is 7.93. The number of fused-ring (bicyclic) bond motifs is 1. The van der Waals surface area contributed by atoms with E-state index in [1.807, 2.05) is 20.2 Å². The van der Waals surface area contributed by atoms with Crippen LogP contribution >= 0.6 is 0 Å². The molecule has 0 aromatic heterocycles. The highest BCUT2D eigenvalue weighted by Gasteiger charge is 2.25. The van der Waals surface area contributed by atoms with Crippen LogP contribution in [-0.4, -0.2) is 74.0 Å². The highest BCUT2D eigenvalue weighted by molar-refractivity contribution is 5.68. The van der Waals surface area contributed by atoms with Crippen molar-refractivity contribution < 1.29 is 19.4 Å². The van der Waals surface area contributed by atoms with Gasteiger partial charge in [0.25, 0.3) is 0 Å². The highest BCUT2D eigenvalue weighted by atomic mass is 16.5. The van der Waals surface area contributed by atoms with Gasteiger partial charge in [-0.05, 0) is 44.1 Å². The molecule has 0 aliphatic carbocycles. The van der Waals surface area contributed by atoms with Crippen molar-refractivity contribution in [3.63, 3.8) is 0 Å². The van der Waals surface area contributed by atoms with Crippen LogP contribution in [0, 0.1) is 0 Å². The number of anilines is 1. The predicted molar refractivity (Wildman–Crippen MR) is 95.5 cm³/mol. The van der Waals surface area contributed by atoms with Crippen LogP contribution in [0.15, 0.2) is 12.1 Å². The number of carboxylic acid groups (broad SMARTS) is 1. The fourth-order valence-electron chi connectivity index (χ4n) is 3.23. The minimum Gasteiger partial charge on any atom is -0.492 e. The van der Waals surface area contributed by atoms with Crippen LogP contribution in [0.1, 0.15) is 17.5 Å². The minimum absolute atomic E-state index is 0.265. The Balaban J connectivity index is 1.81. The molecule has 0 radical (unpaired) electrons. The topological polar surface area (TPSA) is 74.3 Å². The number of nitrogens with one attached hydrogen (secondary N) is 1. The number of amides is 1. The van der Waals surface area contributed by atoms with Gasteiger partial charge in [-0.2, -0.15) is 0 Å². The zero-order valence-electron chi connectivity index (χ0n) is 15.0. The average Bonchev–Trinajstić information content (AvgIpc) is 3.07. The van der Waals surface area contributed by atoms with Gasteiger partial charge in [-0.25, -0.2) is 4.79 Å². The summed E-state index contributed by atoms with van der Waals surface area (Å²) >= 11 is 0. The molecule has 3 rings (SSSR count). The van der Waals surface area contributed by atoms with Crippen molar-refractivity contribution >= 4 is 11.8 Å². The van der Waals surface area contributed by atoms with E-state index in [9.17, 15) is 9.90 Å². The van der Waals surface area contributed by atoms with E-state index in [4.69, 9.17) is 9.47 Å². The zero-order valence-corrected chi connectivity index (χ0v) is 15.0. The summed E-state index contributed by atoms with van der Waals surface area (Å²) in [5.74, 6) is 0.839.